The van der Waals surface area contributed by atoms with Crippen LogP contribution in [0.1, 0.15) is 18.9 Å². The molecule has 0 N–H and O–H groups in total. The van der Waals surface area contributed by atoms with Crippen molar-refractivity contribution in [3.05, 3.63) is 73.1 Å². The van der Waals surface area contributed by atoms with Crippen molar-refractivity contribution in [2.45, 2.75) is 18.9 Å². The maximum Gasteiger partial charge on any atom is 0.226 e. The Kier molecular flexibility index (Phi) is 4.05. The SMILES string of the molecule is c1ccc(-c2nc(N3CCCC(n4cccn4)C3)nc3ccccc23)cc1. The van der Waals surface area contributed by atoms with Gasteiger partial charge in [0.25, 0.3) is 0 Å². The average molecular weight is 355 g/mol. The molecule has 0 bridgehead atoms. The van der Waals surface area contributed by atoms with Crippen LogP contribution in [0.4, 0.5) is 5.95 Å². The van der Waals surface area contributed by atoms with Crippen LogP contribution in [0.25, 0.3) is 22.2 Å². The number of benzene rings is 2. The van der Waals surface area contributed by atoms with Gasteiger partial charge in [0, 0.05) is 36.4 Å². The van der Waals surface area contributed by atoms with Crippen LogP contribution in [-0.4, -0.2) is 32.8 Å². The molecule has 1 unspecified atom stereocenters. The average Bonchev–Trinajstić information content (AvgIpc) is 3.29. The first-order valence-electron chi connectivity index (χ1n) is 9.45. The third kappa shape index (κ3) is 3.05. The molecule has 1 aliphatic heterocycles. The van der Waals surface area contributed by atoms with Crippen molar-refractivity contribution in [1.82, 2.24) is 19.7 Å². The summed E-state index contributed by atoms with van der Waals surface area (Å²) in [5.74, 6) is 0.810. The molecule has 0 radical (unpaired) electrons. The molecule has 5 nitrogen and oxygen atoms in total. The van der Waals surface area contributed by atoms with E-state index in [4.69, 9.17) is 9.97 Å². The van der Waals surface area contributed by atoms with Crippen LogP contribution in [0.5, 0.6) is 0 Å². The molecule has 134 valence electrons. The highest BCUT2D eigenvalue weighted by molar-refractivity contribution is 5.93. The third-order valence-electron chi connectivity index (χ3n) is 5.22. The van der Waals surface area contributed by atoms with Gasteiger partial charge in [-0.05, 0) is 25.0 Å². The smallest absolute Gasteiger partial charge is 0.226 e. The minimum absolute atomic E-state index is 0.365. The number of para-hydroxylation sites is 1. The van der Waals surface area contributed by atoms with E-state index < -0.39 is 0 Å². The minimum Gasteiger partial charge on any atom is -0.339 e. The minimum atomic E-state index is 0.365. The Morgan fingerprint density at radius 3 is 2.59 bits per heavy atom. The Morgan fingerprint density at radius 2 is 1.74 bits per heavy atom. The maximum atomic E-state index is 5.00. The second-order valence-corrected chi connectivity index (χ2v) is 6.98. The van der Waals surface area contributed by atoms with Crippen molar-refractivity contribution in [2.24, 2.45) is 0 Å². The number of anilines is 1. The quantitative estimate of drug-likeness (QED) is 0.549. The lowest BCUT2D eigenvalue weighted by Gasteiger charge is -2.33. The zero-order chi connectivity index (χ0) is 18.1. The predicted octanol–water partition coefficient (Wildman–Crippen LogP) is 4.33. The highest BCUT2D eigenvalue weighted by Gasteiger charge is 2.24. The molecule has 0 saturated carbocycles. The van der Waals surface area contributed by atoms with Crippen LogP contribution < -0.4 is 4.90 Å². The van der Waals surface area contributed by atoms with Gasteiger partial charge in [0.15, 0.2) is 0 Å². The van der Waals surface area contributed by atoms with Gasteiger partial charge in [-0.1, -0.05) is 48.5 Å². The summed E-state index contributed by atoms with van der Waals surface area (Å²) in [5, 5.41) is 5.52. The van der Waals surface area contributed by atoms with E-state index in [9.17, 15) is 0 Å². The lowest BCUT2D eigenvalue weighted by atomic mass is 10.1. The van der Waals surface area contributed by atoms with Gasteiger partial charge in [-0.15, -0.1) is 0 Å². The molecule has 0 amide bonds. The van der Waals surface area contributed by atoms with Crippen molar-refractivity contribution < 1.29 is 0 Å². The van der Waals surface area contributed by atoms with Crippen molar-refractivity contribution >= 4 is 16.9 Å². The van der Waals surface area contributed by atoms with Gasteiger partial charge in [0.05, 0.1) is 17.3 Å². The number of rotatable bonds is 3. The first-order chi connectivity index (χ1) is 13.4. The molecular weight excluding hydrogens is 334 g/mol. The summed E-state index contributed by atoms with van der Waals surface area (Å²) >= 11 is 0. The molecule has 4 aromatic rings. The molecule has 1 aliphatic rings. The molecule has 27 heavy (non-hydrogen) atoms. The first-order valence-corrected chi connectivity index (χ1v) is 9.45. The molecule has 1 atom stereocenters. The lowest BCUT2D eigenvalue weighted by Crippen LogP contribution is -2.37. The molecule has 1 fully saturated rings. The fraction of sp³-hybridized carbons (Fsp3) is 0.227. The number of hydrogen-bond acceptors (Lipinski definition) is 4. The van der Waals surface area contributed by atoms with Crippen LogP contribution in [-0.2, 0) is 0 Å². The summed E-state index contributed by atoms with van der Waals surface area (Å²) < 4.78 is 2.06. The lowest BCUT2D eigenvalue weighted by molar-refractivity contribution is 0.373. The van der Waals surface area contributed by atoms with E-state index in [1.165, 1.54) is 0 Å². The van der Waals surface area contributed by atoms with Gasteiger partial charge in [-0.3, -0.25) is 4.68 Å². The van der Waals surface area contributed by atoms with Crippen LogP contribution in [0.2, 0.25) is 0 Å². The van der Waals surface area contributed by atoms with Crippen molar-refractivity contribution in [3.63, 3.8) is 0 Å². The van der Waals surface area contributed by atoms with Crippen LogP contribution in [0.3, 0.4) is 0 Å². The summed E-state index contributed by atoms with van der Waals surface area (Å²) in [5.41, 5.74) is 3.11. The van der Waals surface area contributed by atoms with E-state index >= 15 is 0 Å². The second kappa shape index (κ2) is 6.83. The number of fused-ring (bicyclic) bond motifs is 1. The summed E-state index contributed by atoms with van der Waals surface area (Å²) in [6.45, 7) is 1.86. The molecule has 0 spiro atoms. The summed E-state index contributed by atoms with van der Waals surface area (Å²) in [6, 6.07) is 21.0. The van der Waals surface area contributed by atoms with E-state index in [-0.39, 0.29) is 0 Å². The zero-order valence-electron chi connectivity index (χ0n) is 15.1. The summed E-state index contributed by atoms with van der Waals surface area (Å²) in [4.78, 5) is 12.2. The molecule has 2 aromatic carbocycles. The topological polar surface area (TPSA) is 46.8 Å². The van der Waals surface area contributed by atoms with E-state index in [0.29, 0.717) is 6.04 Å². The Bertz CT molecular complexity index is 1040. The van der Waals surface area contributed by atoms with Gasteiger partial charge in [-0.2, -0.15) is 5.10 Å². The van der Waals surface area contributed by atoms with E-state index in [1.807, 2.05) is 36.7 Å². The van der Waals surface area contributed by atoms with Crippen LogP contribution in [0, 0.1) is 0 Å². The molecule has 2 aromatic heterocycles. The maximum absolute atomic E-state index is 5.00. The molecular formula is C22H21N5. The fourth-order valence-electron chi connectivity index (χ4n) is 3.87. The summed E-state index contributed by atoms with van der Waals surface area (Å²) in [6.07, 6.45) is 6.14. The Balaban J connectivity index is 1.57. The normalized spacial score (nSPS) is 17.3. The van der Waals surface area contributed by atoms with Gasteiger partial charge < -0.3 is 4.90 Å². The molecule has 5 rings (SSSR count). The Hall–Kier alpha value is -3.21. The standard InChI is InChI=1S/C22H21N5/c1-2-8-17(9-3-1)21-19-11-4-5-12-20(19)24-22(25-21)26-14-6-10-18(16-26)27-15-7-13-23-27/h1-5,7-9,11-13,15,18H,6,10,14,16H2. The number of nitrogens with zero attached hydrogens (tertiary/aromatic N) is 5. The Morgan fingerprint density at radius 1 is 0.889 bits per heavy atom. The fourth-order valence-corrected chi connectivity index (χ4v) is 3.87. The number of hydrogen-bond donors (Lipinski definition) is 0. The van der Waals surface area contributed by atoms with Crippen molar-refractivity contribution in [3.8, 4) is 11.3 Å². The van der Waals surface area contributed by atoms with Gasteiger partial charge in [0.1, 0.15) is 0 Å². The van der Waals surface area contributed by atoms with Crippen LogP contribution in [0.15, 0.2) is 73.1 Å². The summed E-state index contributed by atoms with van der Waals surface area (Å²) in [7, 11) is 0. The molecule has 0 aliphatic carbocycles. The molecule has 3 heterocycles. The molecule has 1 saturated heterocycles. The van der Waals surface area contributed by atoms with Crippen molar-refractivity contribution in [2.75, 3.05) is 18.0 Å². The Labute approximate surface area is 158 Å². The second-order valence-electron chi connectivity index (χ2n) is 6.98. The van der Waals surface area contributed by atoms with E-state index in [2.05, 4.69) is 51.1 Å². The monoisotopic (exact) mass is 355 g/mol. The zero-order valence-corrected chi connectivity index (χ0v) is 15.1. The predicted molar refractivity (Wildman–Crippen MR) is 108 cm³/mol. The van der Waals surface area contributed by atoms with Crippen LogP contribution >= 0.6 is 0 Å². The first kappa shape index (κ1) is 16.0. The van der Waals surface area contributed by atoms with Crippen molar-refractivity contribution in [1.29, 1.82) is 0 Å². The third-order valence-corrected chi connectivity index (χ3v) is 5.22. The van der Waals surface area contributed by atoms with Gasteiger partial charge in [-0.25, -0.2) is 9.97 Å². The van der Waals surface area contributed by atoms with E-state index in [0.717, 1.165) is 54.0 Å². The largest absolute Gasteiger partial charge is 0.339 e. The number of piperidine rings is 1. The highest BCUT2D eigenvalue weighted by Crippen LogP contribution is 2.30. The number of aromatic nitrogens is 4. The highest BCUT2D eigenvalue weighted by atomic mass is 15.3. The van der Waals surface area contributed by atoms with Gasteiger partial charge >= 0.3 is 0 Å². The van der Waals surface area contributed by atoms with E-state index in [1.54, 1.807) is 0 Å². The molecule has 5 heteroatoms. The van der Waals surface area contributed by atoms with Gasteiger partial charge in [0.2, 0.25) is 5.95 Å².